The molecular weight excluding hydrogens is 305 g/mol. The number of hydrogen-bond acceptors (Lipinski definition) is 0. The molecule has 2 saturated carbocycles. The van der Waals surface area contributed by atoms with Crippen molar-refractivity contribution < 1.29 is 32.7 Å². The SMILES string of the molecule is C[C]1[C](C)[C](C)[C](C)[C]1C.[CH]1[CH][CH][CH][CH][CH][CH][CH]1.[Y]. The van der Waals surface area contributed by atoms with Gasteiger partial charge in [-0.2, -0.15) is 0 Å². The van der Waals surface area contributed by atoms with E-state index in [9.17, 15) is 0 Å². The zero-order valence-corrected chi connectivity index (χ0v) is 15.5. The Bertz CT molecular complexity index is 145. The van der Waals surface area contributed by atoms with Gasteiger partial charge in [-0.25, -0.2) is 0 Å². The topological polar surface area (TPSA) is 0 Å². The van der Waals surface area contributed by atoms with Crippen LogP contribution in [0.2, 0.25) is 0 Å². The molecule has 2 aliphatic carbocycles. The Hall–Kier alpha value is 1.10. The molecule has 0 aromatic rings. The van der Waals surface area contributed by atoms with Crippen molar-refractivity contribution in [3.8, 4) is 0 Å². The molecule has 98 valence electrons. The summed E-state index contributed by atoms with van der Waals surface area (Å²) in [5.74, 6) is 7.34. The minimum absolute atomic E-state index is 0. The van der Waals surface area contributed by atoms with Crippen molar-refractivity contribution in [1.82, 2.24) is 0 Å². The van der Waals surface area contributed by atoms with Crippen LogP contribution in [0.15, 0.2) is 0 Å². The first-order valence-corrected chi connectivity index (χ1v) is 6.42. The minimum atomic E-state index is 0. The Kier molecular flexibility index (Phi) is 11.4. The molecule has 2 rings (SSSR count). The van der Waals surface area contributed by atoms with E-state index in [0.717, 1.165) is 0 Å². The summed E-state index contributed by atoms with van der Waals surface area (Å²) in [6.45, 7) is 11.0. The average molecular weight is 328 g/mol. The van der Waals surface area contributed by atoms with Crippen LogP contribution in [-0.4, -0.2) is 0 Å². The summed E-state index contributed by atoms with van der Waals surface area (Å²) in [6, 6.07) is 0. The number of rotatable bonds is 0. The molecule has 0 spiro atoms. The molecule has 1 heteroatoms. The molecule has 0 amide bonds. The van der Waals surface area contributed by atoms with Crippen LogP contribution in [0.1, 0.15) is 34.6 Å². The van der Waals surface area contributed by atoms with E-state index in [2.05, 4.69) is 34.6 Å². The van der Waals surface area contributed by atoms with Gasteiger partial charge in [-0.05, 0) is 81.0 Å². The molecule has 14 radical (unpaired) electrons. The third-order valence-electron chi connectivity index (χ3n) is 3.70. The van der Waals surface area contributed by atoms with Crippen molar-refractivity contribution in [1.29, 1.82) is 0 Å². The largest absolute Gasteiger partial charge is 0.0579 e. The molecule has 0 aliphatic heterocycles. The molecule has 0 atom stereocenters. The maximum atomic E-state index is 2.20. The molecular formula is C18H23Y. The van der Waals surface area contributed by atoms with Gasteiger partial charge in [0, 0.05) is 32.7 Å². The van der Waals surface area contributed by atoms with Crippen LogP contribution in [0.4, 0.5) is 0 Å². The predicted molar refractivity (Wildman–Crippen MR) is 79.0 cm³/mol. The van der Waals surface area contributed by atoms with Gasteiger partial charge in [-0.3, -0.25) is 0 Å². The van der Waals surface area contributed by atoms with Gasteiger partial charge in [0.1, 0.15) is 0 Å². The van der Waals surface area contributed by atoms with Gasteiger partial charge in [0.25, 0.3) is 0 Å². The monoisotopic (exact) mass is 328 g/mol. The van der Waals surface area contributed by atoms with Crippen LogP contribution >= 0.6 is 0 Å². The second kappa shape index (κ2) is 10.8. The third-order valence-corrected chi connectivity index (χ3v) is 3.70. The fourth-order valence-corrected chi connectivity index (χ4v) is 1.92. The molecule has 2 aliphatic rings. The zero-order chi connectivity index (χ0) is 13.5. The van der Waals surface area contributed by atoms with Gasteiger partial charge < -0.3 is 0 Å². The maximum Gasteiger partial charge on any atom is 0 e. The van der Waals surface area contributed by atoms with Crippen molar-refractivity contribution in [2.24, 2.45) is 0 Å². The first kappa shape index (κ1) is 20.1. The quantitative estimate of drug-likeness (QED) is 0.609. The standard InChI is InChI=1S/C10H15.C8H8.Y/c1-6-7(2)9(4)10(5)8(6)3;1-2-4-6-8-7-5-3-1;/h1-5H3;1-8H;. The van der Waals surface area contributed by atoms with Crippen LogP contribution in [-0.2, 0) is 32.7 Å². The van der Waals surface area contributed by atoms with Crippen molar-refractivity contribution in [3.63, 3.8) is 0 Å². The Balaban J connectivity index is 0.000000331. The number of hydrogen-bond donors (Lipinski definition) is 0. The Morgan fingerprint density at radius 1 is 0.368 bits per heavy atom. The Labute approximate surface area is 147 Å². The van der Waals surface area contributed by atoms with E-state index in [1.165, 1.54) is 29.6 Å². The summed E-state index contributed by atoms with van der Waals surface area (Å²) in [5, 5.41) is 0. The molecule has 19 heavy (non-hydrogen) atoms. The fourth-order valence-electron chi connectivity index (χ4n) is 1.92. The van der Waals surface area contributed by atoms with E-state index in [1.807, 2.05) is 51.4 Å². The van der Waals surface area contributed by atoms with E-state index < -0.39 is 0 Å². The maximum absolute atomic E-state index is 2.20. The van der Waals surface area contributed by atoms with Crippen LogP contribution in [0.5, 0.6) is 0 Å². The van der Waals surface area contributed by atoms with Gasteiger partial charge in [0.2, 0.25) is 0 Å². The minimum Gasteiger partial charge on any atom is -0.0579 e. The first-order chi connectivity index (χ1) is 8.55. The van der Waals surface area contributed by atoms with E-state index >= 15 is 0 Å². The summed E-state index contributed by atoms with van der Waals surface area (Å²) >= 11 is 0. The fraction of sp³-hybridized carbons (Fsp3) is 0.278. The summed E-state index contributed by atoms with van der Waals surface area (Å²) in [6.07, 6.45) is 16.0. The Morgan fingerprint density at radius 2 is 0.474 bits per heavy atom. The second-order valence-corrected chi connectivity index (χ2v) is 4.66. The van der Waals surface area contributed by atoms with Gasteiger partial charge in [0.15, 0.2) is 0 Å². The predicted octanol–water partition coefficient (Wildman–Crippen LogP) is 4.60. The van der Waals surface area contributed by atoms with Crippen LogP contribution in [0, 0.1) is 81.0 Å². The van der Waals surface area contributed by atoms with E-state index in [-0.39, 0.29) is 32.7 Å². The summed E-state index contributed by atoms with van der Waals surface area (Å²) in [4.78, 5) is 0. The molecule has 0 saturated heterocycles. The average Bonchev–Trinajstić information content (AvgIpc) is 2.48. The molecule has 0 unspecified atom stereocenters. The summed E-state index contributed by atoms with van der Waals surface area (Å²) in [7, 11) is 0. The van der Waals surface area contributed by atoms with Crippen molar-refractivity contribution in [3.05, 3.63) is 81.0 Å². The molecule has 0 heterocycles. The van der Waals surface area contributed by atoms with Gasteiger partial charge >= 0.3 is 0 Å². The van der Waals surface area contributed by atoms with Crippen LogP contribution in [0.3, 0.4) is 0 Å². The molecule has 0 aromatic carbocycles. The van der Waals surface area contributed by atoms with Gasteiger partial charge in [-0.1, -0.05) is 34.6 Å². The summed E-state index contributed by atoms with van der Waals surface area (Å²) < 4.78 is 0. The van der Waals surface area contributed by atoms with E-state index in [1.54, 1.807) is 0 Å². The van der Waals surface area contributed by atoms with Crippen molar-refractivity contribution in [2.75, 3.05) is 0 Å². The van der Waals surface area contributed by atoms with Gasteiger partial charge in [-0.15, -0.1) is 0 Å². The van der Waals surface area contributed by atoms with Crippen molar-refractivity contribution in [2.45, 2.75) is 34.6 Å². The molecule has 0 bridgehead atoms. The third kappa shape index (κ3) is 6.60. The molecule has 0 N–H and O–H groups in total. The van der Waals surface area contributed by atoms with Crippen LogP contribution in [0.25, 0.3) is 0 Å². The first-order valence-electron chi connectivity index (χ1n) is 6.42. The van der Waals surface area contributed by atoms with E-state index in [4.69, 9.17) is 0 Å². The molecule has 0 aromatic heterocycles. The van der Waals surface area contributed by atoms with E-state index in [0.29, 0.717) is 0 Å². The zero-order valence-electron chi connectivity index (χ0n) is 12.7. The van der Waals surface area contributed by atoms with Gasteiger partial charge in [0.05, 0.1) is 0 Å². The van der Waals surface area contributed by atoms with Crippen molar-refractivity contribution >= 4 is 0 Å². The molecule has 2 fully saturated rings. The second-order valence-electron chi connectivity index (χ2n) is 4.66. The summed E-state index contributed by atoms with van der Waals surface area (Å²) in [5.41, 5.74) is 0. The van der Waals surface area contributed by atoms with Crippen LogP contribution < -0.4 is 0 Å². The smallest absolute Gasteiger partial charge is 0 e. The normalized spacial score (nSPS) is 25.1. The Morgan fingerprint density at radius 3 is 0.579 bits per heavy atom. The molecule has 0 nitrogen and oxygen atoms in total.